The van der Waals surface area contributed by atoms with Crippen molar-refractivity contribution in [1.29, 1.82) is 0 Å². The maximum absolute atomic E-state index is 11.9. The first-order chi connectivity index (χ1) is 9.63. The predicted octanol–water partition coefficient (Wildman–Crippen LogP) is 2.22. The fourth-order valence-electron chi connectivity index (χ4n) is 1.63. The van der Waals surface area contributed by atoms with Gasteiger partial charge in [0.2, 0.25) is 5.13 Å². The number of hydrogen-bond donors (Lipinski definition) is 3. The molecular formula is C11H7N5OS3. The van der Waals surface area contributed by atoms with Crippen LogP contribution in [-0.2, 0) is 0 Å². The lowest BCUT2D eigenvalue weighted by atomic mass is 10.2. The molecule has 3 rings (SSSR count). The molecule has 0 radical (unpaired) electrons. The van der Waals surface area contributed by atoms with E-state index in [-0.39, 0.29) is 10.5 Å². The van der Waals surface area contributed by atoms with Crippen molar-refractivity contribution >= 4 is 56.8 Å². The van der Waals surface area contributed by atoms with Gasteiger partial charge in [0.05, 0.1) is 10.9 Å². The number of thiocarbonyl (C=S) groups is 1. The maximum atomic E-state index is 11.9. The number of H-pyrrole nitrogens is 2. The summed E-state index contributed by atoms with van der Waals surface area (Å²) in [7, 11) is 0. The van der Waals surface area contributed by atoms with Gasteiger partial charge in [-0.15, -0.1) is 5.10 Å². The van der Waals surface area contributed by atoms with Crippen molar-refractivity contribution < 1.29 is 0 Å². The Labute approximate surface area is 126 Å². The van der Waals surface area contributed by atoms with E-state index in [0.29, 0.717) is 25.8 Å². The highest BCUT2D eigenvalue weighted by molar-refractivity contribution is 7.81. The molecule has 0 unspecified atom stereocenters. The molecule has 100 valence electrons. The van der Waals surface area contributed by atoms with Gasteiger partial charge in [0.1, 0.15) is 4.99 Å². The molecule has 3 aromatic rings. The normalized spacial score (nSPS) is 10.6. The molecule has 6 nitrogen and oxygen atoms in total. The molecule has 0 atom stereocenters. The van der Waals surface area contributed by atoms with Crippen LogP contribution in [0.1, 0.15) is 5.82 Å². The molecule has 3 N–H and O–H groups in total. The molecule has 0 spiro atoms. The number of fused-ring (bicyclic) bond motifs is 1. The fraction of sp³-hybridized carbons (Fsp3) is 0. The second-order valence-electron chi connectivity index (χ2n) is 3.80. The lowest BCUT2D eigenvalue weighted by Gasteiger charge is -2.04. The number of hydrogen-bond acceptors (Lipinski definition) is 6. The Morgan fingerprint density at radius 2 is 2.15 bits per heavy atom. The minimum Gasteiger partial charge on any atom is -0.318 e. The molecule has 0 aliphatic heterocycles. The lowest BCUT2D eigenvalue weighted by Crippen LogP contribution is -2.20. The van der Waals surface area contributed by atoms with Gasteiger partial charge in [0, 0.05) is 0 Å². The molecular weight excluding hydrogens is 314 g/mol. The third-order valence-corrected chi connectivity index (χ3v) is 3.79. The summed E-state index contributed by atoms with van der Waals surface area (Å²) >= 11 is 11.4. The quantitative estimate of drug-likeness (QED) is 0.628. The molecule has 2 aromatic heterocycles. The number of rotatable bonds is 2. The van der Waals surface area contributed by atoms with Crippen molar-refractivity contribution in [1.82, 2.24) is 20.2 Å². The number of aromatic amines is 2. The van der Waals surface area contributed by atoms with Crippen molar-refractivity contribution in [3.8, 4) is 0 Å². The maximum Gasteiger partial charge on any atom is 0.259 e. The summed E-state index contributed by atoms with van der Waals surface area (Å²) in [5.41, 5.74) is 0.356. The van der Waals surface area contributed by atoms with Crippen LogP contribution in [0, 0.1) is 3.95 Å². The summed E-state index contributed by atoms with van der Waals surface area (Å²) in [6.45, 7) is 0. The van der Waals surface area contributed by atoms with E-state index in [4.69, 9.17) is 24.4 Å². The second kappa shape index (κ2) is 5.19. The van der Waals surface area contributed by atoms with Crippen molar-refractivity contribution in [3.63, 3.8) is 0 Å². The molecule has 0 fully saturated rings. The number of nitrogens with zero attached hydrogens (tertiary/aromatic N) is 2. The van der Waals surface area contributed by atoms with Crippen LogP contribution in [-0.4, -0.2) is 25.2 Å². The Morgan fingerprint density at radius 3 is 2.90 bits per heavy atom. The SMILES string of the molecule is O=c1[nH]c(C(=S)Nc2n[nH]c(=S)s2)nc2ccccc12. The molecule has 9 heteroatoms. The third kappa shape index (κ3) is 2.50. The summed E-state index contributed by atoms with van der Waals surface area (Å²) in [5, 5.41) is 10.5. The standard InChI is InChI=1S/C11H7N5OS3/c17-8-5-3-1-2-4-6(5)12-7(13-8)9(18)14-10-15-16-11(19)20-10/h1-4H,(H,16,19)(H,12,13,17)(H,14,15,18). The van der Waals surface area contributed by atoms with Crippen molar-refractivity contribution in [3.05, 3.63) is 44.4 Å². The van der Waals surface area contributed by atoms with Gasteiger partial charge in [-0.1, -0.05) is 35.7 Å². The molecule has 0 aliphatic carbocycles. The molecule has 2 heterocycles. The molecule has 0 saturated heterocycles. The van der Waals surface area contributed by atoms with Gasteiger partial charge in [-0.2, -0.15) is 0 Å². The second-order valence-corrected chi connectivity index (χ2v) is 5.88. The fourth-order valence-corrected chi connectivity index (χ4v) is 2.69. The van der Waals surface area contributed by atoms with E-state index in [0.717, 1.165) is 0 Å². The Bertz CT molecular complexity index is 910. The highest BCUT2D eigenvalue weighted by Crippen LogP contribution is 2.12. The molecule has 0 amide bonds. The number of benzene rings is 1. The predicted molar refractivity (Wildman–Crippen MR) is 85.0 cm³/mol. The molecule has 0 aliphatic rings. The van der Waals surface area contributed by atoms with Gasteiger partial charge >= 0.3 is 0 Å². The van der Waals surface area contributed by atoms with Crippen molar-refractivity contribution in [2.75, 3.05) is 5.32 Å². The molecule has 0 saturated carbocycles. The average molecular weight is 321 g/mol. The highest BCUT2D eigenvalue weighted by Gasteiger charge is 2.09. The first kappa shape index (κ1) is 13.0. The van der Waals surface area contributed by atoms with E-state index in [9.17, 15) is 4.79 Å². The van der Waals surface area contributed by atoms with E-state index < -0.39 is 0 Å². The number of nitrogens with one attached hydrogen (secondary N) is 3. The van der Waals surface area contributed by atoms with Crippen molar-refractivity contribution in [2.24, 2.45) is 0 Å². The van der Waals surface area contributed by atoms with E-state index in [1.807, 2.05) is 6.07 Å². The van der Waals surface area contributed by atoms with E-state index >= 15 is 0 Å². The summed E-state index contributed by atoms with van der Waals surface area (Å²) < 4.78 is 0.537. The lowest BCUT2D eigenvalue weighted by molar-refractivity contribution is 1.08. The first-order valence-corrected chi connectivity index (χ1v) is 7.13. The van der Waals surface area contributed by atoms with Gasteiger partial charge in [0.25, 0.3) is 5.56 Å². The van der Waals surface area contributed by atoms with Crippen molar-refractivity contribution in [2.45, 2.75) is 0 Å². The van der Waals surface area contributed by atoms with Crippen LogP contribution >= 0.6 is 35.8 Å². The monoisotopic (exact) mass is 321 g/mol. The number of aromatic nitrogens is 4. The number of para-hydroxylation sites is 1. The summed E-state index contributed by atoms with van der Waals surface area (Å²) in [5.74, 6) is 0.296. The average Bonchev–Trinajstić information content (AvgIpc) is 2.84. The molecule has 1 aromatic carbocycles. The van der Waals surface area contributed by atoms with E-state index in [1.165, 1.54) is 11.3 Å². The minimum atomic E-state index is -0.232. The van der Waals surface area contributed by atoms with E-state index in [2.05, 4.69) is 25.5 Å². The van der Waals surface area contributed by atoms with Crippen LogP contribution < -0.4 is 10.9 Å². The summed E-state index contributed by atoms with van der Waals surface area (Å²) in [6, 6.07) is 7.07. The van der Waals surface area contributed by atoms with Crippen LogP contribution in [0.2, 0.25) is 0 Å². The van der Waals surface area contributed by atoms with Crippen LogP contribution in [0.25, 0.3) is 10.9 Å². The third-order valence-electron chi connectivity index (χ3n) is 2.49. The molecule has 0 bridgehead atoms. The molecule has 20 heavy (non-hydrogen) atoms. The van der Waals surface area contributed by atoms with Crippen LogP contribution in [0.3, 0.4) is 0 Å². The van der Waals surface area contributed by atoms with E-state index in [1.54, 1.807) is 18.2 Å². The topological polar surface area (TPSA) is 86.5 Å². The zero-order chi connectivity index (χ0) is 14.1. The van der Waals surface area contributed by atoms with Crippen LogP contribution in [0.4, 0.5) is 5.13 Å². The zero-order valence-electron chi connectivity index (χ0n) is 9.84. The van der Waals surface area contributed by atoms with Gasteiger partial charge in [-0.25, -0.2) is 4.98 Å². The van der Waals surface area contributed by atoms with Gasteiger partial charge in [0.15, 0.2) is 9.78 Å². The van der Waals surface area contributed by atoms with Gasteiger partial charge < -0.3 is 10.3 Å². The van der Waals surface area contributed by atoms with Crippen LogP contribution in [0.15, 0.2) is 29.1 Å². The smallest absolute Gasteiger partial charge is 0.259 e. The summed E-state index contributed by atoms with van der Waals surface area (Å²) in [4.78, 5) is 19.2. The Hall–Kier alpha value is -1.97. The van der Waals surface area contributed by atoms with Gasteiger partial charge in [-0.05, 0) is 24.4 Å². The zero-order valence-corrected chi connectivity index (χ0v) is 12.3. The minimum absolute atomic E-state index is 0.232. The highest BCUT2D eigenvalue weighted by atomic mass is 32.1. The Morgan fingerprint density at radius 1 is 1.35 bits per heavy atom. The van der Waals surface area contributed by atoms with Crippen LogP contribution in [0.5, 0.6) is 0 Å². The first-order valence-electron chi connectivity index (χ1n) is 5.49. The van der Waals surface area contributed by atoms with Gasteiger partial charge in [-0.3, -0.25) is 9.89 Å². The summed E-state index contributed by atoms with van der Waals surface area (Å²) in [6.07, 6.45) is 0. The Kier molecular flexibility index (Phi) is 3.38. The number of anilines is 1. The Balaban J connectivity index is 1.99. The largest absolute Gasteiger partial charge is 0.318 e.